The fourth-order valence-electron chi connectivity index (χ4n) is 1.49. The smallest absolute Gasteiger partial charge is 0.408 e. The van der Waals surface area contributed by atoms with E-state index in [4.69, 9.17) is 13.9 Å². The van der Waals surface area contributed by atoms with Crippen LogP contribution in [-0.2, 0) is 20.9 Å². The van der Waals surface area contributed by atoms with Crippen molar-refractivity contribution in [2.45, 2.75) is 39.0 Å². The quantitative estimate of drug-likeness (QED) is 0.829. The molecule has 0 aliphatic rings. The zero-order chi connectivity index (χ0) is 14.5. The molecule has 1 amide bonds. The maximum absolute atomic E-state index is 11.6. The van der Waals surface area contributed by atoms with Crippen LogP contribution in [0.1, 0.15) is 38.1 Å². The maximum atomic E-state index is 11.6. The average molecular weight is 269 g/mol. The summed E-state index contributed by atoms with van der Waals surface area (Å²) in [4.78, 5) is 22.7. The molecule has 0 saturated carbocycles. The Balaban J connectivity index is 2.75. The first-order chi connectivity index (χ1) is 8.87. The van der Waals surface area contributed by atoms with Crippen LogP contribution in [0, 0.1) is 0 Å². The highest BCUT2D eigenvalue weighted by atomic mass is 16.6. The van der Waals surface area contributed by atoms with Gasteiger partial charge in [-0.3, -0.25) is 0 Å². The van der Waals surface area contributed by atoms with E-state index in [0.717, 1.165) is 0 Å². The predicted molar refractivity (Wildman–Crippen MR) is 67.6 cm³/mol. The zero-order valence-electron chi connectivity index (χ0n) is 11.6. The topological polar surface area (TPSA) is 77.8 Å². The first kappa shape index (κ1) is 15.2. The van der Waals surface area contributed by atoms with Crippen molar-refractivity contribution in [2.75, 3.05) is 7.11 Å². The molecule has 1 atom stereocenters. The monoisotopic (exact) mass is 269 g/mol. The number of carbonyl (C=O) groups is 2. The van der Waals surface area contributed by atoms with E-state index in [2.05, 4.69) is 5.32 Å². The van der Waals surface area contributed by atoms with E-state index in [0.29, 0.717) is 24.2 Å². The molecule has 0 saturated heterocycles. The van der Waals surface area contributed by atoms with E-state index in [-0.39, 0.29) is 0 Å². The molecule has 1 unspecified atom stereocenters. The largest absolute Gasteiger partial charge is 0.466 e. The van der Waals surface area contributed by atoms with Crippen molar-refractivity contribution in [3.8, 4) is 0 Å². The summed E-state index contributed by atoms with van der Waals surface area (Å²) in [6.45, 7) is 5.52. The first-order valence-corrected chi connectivity index (χ1v) is 5.87. The number of hydrogen-bond donors (Lipinski definition) is 1. The van der Waals surface area contributed by atoms with Crippen molar-refractivity contribution >= 4 is 12.4 Å². The maximum Gasteiger partial charge on any atom is 0.408 e. The van der Waals surface area contributed by atoms with Gasteiger partial charge in [-0.05, 0) is 26.8 Å². The van der Waals surface area contributed by atoms with E-state index < -0.39 is 17.7 Å². The van der Waals surface area contributed by atoms with Gasteiger partial charge in [0, 0.05) is 12.7 Å². The number of amides is 1. The molecule has 6 nitrogen and oxygen atoms in total. The van der Waals surface area contributed by atoms with Gasteiger partial charge in [0.1, 0.15) is 23.7 Å². The van der Waals surface area contributed by atoms with E-state index in [1.165, 1.54) is 13.4 Å². The van der Waals surface area contributed by atoms with E-state index in [9.17, 15) is 9.59 Å². The molecule has 0 aromatic carbocycles. The fourth-order valence-corrected chi connectivity index (χ4v) is 1.49. The van der Waals surface area contributed by atoms with Gasteiger partial charge in [-0.2, -0.15) is 0 Å². The molecule has 6 heteroatoms. The zero-order valence-corrected chi connectivity index (χ0v) is 11.6. The first-order valence-electron chi connectivity index (χ1n) is 5.87. The Morgan fingerprint density at radius 2 is 2.21 bits per heavy atom. The van der Waals surface area contributed by atoms with E-state index in [1.807, 2.05) is 0 Å². The number of ether oxygens (including phenoxy) is 2. The Hall–Kier alpha value is -1.82. The SMILES string of the molecule is COCc1ccoc1C(C=O)NC(=O)OC(C)(C)C. The van der Waals surface area contributed by atoms with E-state index in [1.54, 1.807) is 26.8 Å². The summed E-state index contributed by atoms with van der Waals surface area (Å²) in [6, 6.07) is 0.793. The Morgan fingerprint density at radius 1 is 1.53 bits per heavy atom. The lowest BCUT2D eigenvalue weighted by Gasteiger charge is -2.21. The minimum Gasteiger partial charge on any atom is -0.466 e. The normalized spacial score (nSPS) is 12.8. The summed E-state index contributed by atoms with van der Waals surface area (Å²) in [5, 5.41) is 2.45. The van der Waals surface area contributed by atoms with Crippen LogP contribution in [0.2, 0.25) is 0 Å². The van der Waals surface area contributed by atoms with Gasteiger partial charge in [0.2, 0.25) is 0 Å². The van der Waals surface area contributed by atoms with Crippen molar-refractivity contribution in [2.24, 2.45) is 0 Å². The summed E-state index contributed by atoms with van der Waals surface area (Å²) in [6.07, 6.45) is 1.35. The second-order valence-corrected chi connectivity index (χ2v) is 5.00. The molecule has 1 aromatic rings. The van der Waals surface area contributed by atoms with Crippen LogP contribution in [0.4, 0.5) is 4.79 Å². The van der Waals surface area contributed by atoms with Gasteiger partial charge in [0.05, 0.1) is 12.9 Å². The van der Waals surface area contributed by atoms with Crippen LogP contribution in [0.15, 0.2) is 16.7 Å². The van der Waals surface area contributed by atoms with Crippen molar-refractivity contribution in [1.82, 2.24) is 5.32 Å². The van der Waals surface area contributed by atoms with Crippen LogP contribution in [0.3, 0.4) is 0 Å². The van der Waals surface area contributed by atoms with Crippen LogP contribution in [0.5, 0.6) is 0 Å². The van der Waals surface area contributed by atoms with Crippen molar-refractivity contribution < 1.29 is 23.5 Å². The molecule has 0 aliphatic heterocycles. The molecule has 0 fully saturated rings. The van der Waals surface area contributed by atoms with Gasteiger partial charge in [-0.25, -0.2) is 4.79 Å². The number of aldehydes is 1. The molecule has 19 heavy (non-hydrogen) atoms. The third-order valence-corrected chi connectivity index (χ3v) is 2.17. The van der Waals surface area contributed by atoms with Gasteiger partial charge in [-0.1, -0.05) is 0 Å². The summed E-state index contributed by atoms with van der Waals surface area (Å²) in [5.74, 6) is 0.350. The minimum atomic E-state index is -0.894. The van der Waals surface area contributed by atoms with Gasteiger partial charge in [0.15, 0.2) is 0 Å². The van der Waals surface area contributed by atoms with Crippen LogP contribution in [-0.4, -0.2) is 25.1 Å². The highest BCUT2D eigenvalue weighted by Gasteiger charge is 2.23. The van der Waals surface area contributed by atoms with E-state index >= 15 is 0 Å². The highest BCUT2D eigenvalue weighted by molar-refractivity contribution is 5.74. The number of alkyl carbamates (subject to hydrolysis) is 1. The molecule has 0 radical (unpaired) electrons. The molecular weight excluding hydrogens is 250 g/mol. The summed E-state index contributed by atoms with van der Waals surface area (Å²) < 4.78 is 15.3. The van der Waals surface area contributed by atoms with Crippen LogP contribution in [0.25, 0.3) is 0 Å². The van der Waals surface area contributed by atoms with Gasteiger partial charge >= 0.3 is 6.09 Å². The average Bonchev–Trinajstić information content (AvgIpc) is 2.72. The fraction of sp³-hybridized carbons (Fsp3) is 0.538. The predicted octanol–water partition coefficient (Wildman–Crippen LogP) is 2.19. The molecule has 1 heterocycles. The Bertz CT molecular complexity index is 432. The summed E-state index contributed by atoms with van der Waals surface area (Å²) in [7, 11) is 1.54. The van der Waals surface area contributed by atoms with Crippen molar-refractivity contribution in [1.29, 1.82) is 0 Å². The highest BCUT2D eigenvalue weighted by Crippen LogP contribution is 2.19. The third-order valence-electron chi connectivity index (χ3n) is 2.17. The van der Waals surface area contributed by atoms with Gasteiger partial charge < -0.3 is 24.0 Å². The number of rotatable bonds is 5. The molecule has 0 spiro atoms. The number of methoxy groups -OCH3 is 1. The molecule has 0 aliphatic carbocycles. The Kier molecular flexibility index (Phi) is 5.11. The van der Waals surface area contributed by atoms with Gasteiger partial charge in [-0.15, -0.1) is 0 Å². The number of hydrogen-bond acceptors (Lipinski definition) is 5. The Labute approximate surface area is 112 Å². The number of nitrogens with one attached hydrogen (secondary N) is 1. The second kappa shape index (κ2) is 6.38. The van der Waals surface area contributed by atoms with Crippen LogP contribution >= 0.6 is 0 Å². The standard InChI is InChI=1S/C13H19NO5/c1-13(2,3)19-12(16)14-10(7-15)11-9(8-17-4)5-6-18-11/h5-7,10H,8H2,1-4H3,(H,14,16). The van der Waals surface area contributed by atoms with Crippen molar-refractivity contribution in [3.63, 3.8) is 0 Å². The lowest BCUT2D eigenvalue weighted by Crippen LogP contribution is -2.35. The lowest BCUT2D eigenvalue weighted by molar-refractivity contribution is -0.110. The van der Waals surface area contributed by atoms with Gasteiger partial charge in [0.25, 0.3) is 0 Å². The minimum absolute atomic E-state index is 0.298. The van der Waals surface area contributed by atoms with Crippen LogP contribution < -0.4 is 5.32 Å². The molecule has 106 valence electrons. The lowest BCUT2D eigenvalue weighted by atomic mass is 10.1. The third kappa shape index (κ3) is 4.75. The molecule has 1 N–H and O–H groups in total. The molecule has 0 bridgehead atoms. The summed E-state index contributed by atoms with van der Waals surface area (Å²) in [5.41, 5.74) is 0.0754. The number of furan rings is 1. The van der Waals surface area contributed by atoms with Crippen molar-refractivity contribution in [3.05, 3.63) is 23.7 Å². The molecular formula is C13H19NO5. The second-order valence-electron chi connectivity index (χ2n) is 5.00. The summed E-state index contributed by atoms with van der Waals surface area (Å²) >= 11 is 0. The molecule has 1 aromatic heterocycles. The Morgan fingerprint density at radius 3 is 2.74 bits per heavy atom. The number of carbonyl (C=O) groups excluding carboxylic acids is 2. The molecule has 1 rings (SSSR count).